The van der Waals surface area contributed by atoms with Gasteiger partial charge in [0, 0.05) is 24.5 Å². The van der Waals surface area contributed by atoms with Crippen molar-refractivity contribution in [2.75, 3.05) is 23.8 Å². The van der Waals surface area contributed by atoms with Crippen LogP contribution in [0, 0.1) is 5.92 Å². The third-order valence-corrected chi connectivity index (χ3v) is 4.16. The summed E-state index contributed by atoms with van der Waals surface area (Å²) in [6.45, 7) is 0.729. The van der Waals surface area contributed by atoms with E-state index in [4.69, 9.17) is 5.73 Å². The van der Waals surface area contributed by atoms with Crippen molar-refractivity contribution in [1.82, 2.24) is 9.88 Å². The van der Waals surface area contributed by atoms with E-state index >= 15 is 0 Å². The van der Waals surface area contributed by atoms with E-state index in [0.29, 0.717) is 18.2 Å². The fourth-order valence-corrected chi connectivity index (χ4v) is 3.17. The van der Waals surface area contributed by atoms with E-state index in [2.05, 4.69) is 5.32 Å². The second-order valence-electron chi connectivity index (χ2n) is 4.46. The van der Waals surface area contributed by atoms with Crippen molar-refractivity contribution in [3.05, 3.63) is 28.7 Å². The number of hydrogen-bond donors (Lipinski definition) is 2. The topological polar surface area (TPSA) is 77.1 Å². The third kappa shape index (κ3) is 3.53. The normalized spacial score (nSPS) is 18.8. The summed E-state index contributed by atoms with van der Waals surface area (Å²) in [6, 6.07) is 2.91. The van der Waals surface area contributed by atoms with E-state index in [-0.39, 0.29) is 18.0 Å². The Morgan fingerprint density at radius 2 is 2.39 bits per heavy atom. The highest BCUT2D eigenvalue weighted by Crippen LogP contribution is 2.22. The minimum Gasteiger partial charge on any atom is -0.398 e. The molecule has 2 heterocycles. The second kappa shape index (κ2) is 5.95. The van der Waals surface area contributed by atoms with Crippen molar-refractivity contribution in [2.45, 2.75) is 13.0 Å². The number of hydrogen-bond acceptors (Lipinski definition) is 4. The molecule has 98 valence electrons. The molecule has 0 aromatic carbocycles. The van der Waals surface area contributed by atoms with E-state index in [9.17, 15) is 9.59 Å². The fraction of sp³-hybridized carbons (Fsp3) is 0.500. The van der Waals surface area contributed by atoms with Crippen LogP contribution in [0.5, 0.6) is 0 Å². The first-order valence-corrected chi connectivity index (χ1v) is 7.11. The first-order chi connectivity index (χ1) is 8.65. The van der Waals surface area contributed by atoms with Crippen LogP contribution in [0.2, 0.25) is 0 Å². The number of aromatic nitrogens is 1. The first-order valence-electron chi connectivity index (χ1n) is 5.95. The molecule has 1 aromatic rings. The maximum absolute atomic E-state index is 11.7. The maximum Gasteiger partial charge on any atom is 0.251 e. The highest BCUT2D eigenvalue weighted by Gasteiger charge is 2.16. The molecule has 1 aliphatic rings. The van der Waals surface area contributed by atoms with E-state index in [1.807, 2.05) is 11.8 Å². The van der Waals surface area contributed by atoms with Gasteiger partial charge in [-0.25, -0.2) is 0 Å². The van der Waals surface area contributed by atoms with E-state index < -0.39 is 0 Å². The van der Waals surface area contributed by atoms with Gasteiger partial charge in [-0.05, 0) is 29.9 Å². The number of carbonyl (C=O) groups excluding carboxylic acids is 1. The Balaban J connectivity index is 1.86. The Morgan fingerprint density at radius 3 is 3.11 bits per heavy atom. The average molecular weight is 267 g/mol. The van der Waals surface area contributed by atoms with Crippen LogP contribution in [0.4, 0.5) is 5.69 Å². The number of pyridine rings is 1. The van der Waals surface area contributed by atoms with E-state index in [1.54, 1.807) is 0 Å². The summed E-state index contributed by atoms with van der Waals surface area (Å²) in [6.07, 6.45) is 2.65. The number of anilines is 1. The van der Waals surface area contributed by atoms with Crippen LogP contribution in [-0.4, -0.2) is 28.5 Å². The number of carbonyl (C=O) groups is 1. The minimum absolute atomic E-state index is 0.0315. The quantitative estimate of drug-likeness (QED) is 0.822. The van der Waals surface area contributed by atoms with Crippen LogP contribution in [0.3, 0.4) is 0 Å². The molecule has 0 saturated carbocycles. The molecule has 1 saturated heterocycles. The van der Waals surface area contributed by atoms with Gasteiger partial charge in [-0.15, -0.1) is 0 Å². The zero-order valence-electron chi connectivity index (χ0n) is 10.1. The van der Waals surface area contributed by atoms with Gasteiger partial charge in [0.15, 0.2) is 0 Å². The molecule has 1 aromatic heterocycles. The molecule has 0 radical (unpaired) electrons. The fourth-order valence-electron chi connectivity index (χ4n) is 1.89. The SMILES string of the molecule is Nc1ccc(=O)n(CC(=O)NCC2CCSC2)c1. The second-order valence-corrected chi connectivity index (χ2v) is 5.61. The van der Waals surface area contributed by atoms with Gasteiger partial charge in [0.05, 0.1) is 0 Å². The smallest absolute Gasteiger partial charge is 0.251 e. The molecule has 0 aliphatic carbocycles. The number of nitrogen functional groups attached to an aromatic ring is 1. The number of nitrogens with two attached hydrogens (primary N) is 1. The van der Waals surface area contributed by atoms with Gasteiger partial charge in [-0.1, -0.05) is 0 Å². The van der Waals surface area contributed by atoms with Gasteiger partial charge in [0.25, 0.3) is 5.56 Å². The van der Waals surface area contributed by atoms with Gasteiger partial charge in [0.2, 0.25) is 5.91 Å². The summed E-state index contributed by atoms with van der Waals surface area (Å²) in [7, 11) is 0. The van der Waals surface area contributed by atoms with E-state index in [1.165, 1.54) is 28.6 Å². The van der Waals surface area contributed by atoms with Crippen LogP contribution in [0.15, 0.2) is 23.1 Å². The summed E-state index contributed by atoms with van der Waals surface area (Å²) in [5, 5.41) is 2.87. The first kappa shape index (κ1) is 13.0. The van der Waals surface area contributed by atoms with Gasteiger partial charge >= 0.3 is 0 Å². The highest BCUT2D eigenvalue weighted by molar-refractivity contribution is 7.99. The average Bonchev–Trinajstić information content (AvgIpc) is 2.84. The summed E-state index contributed by atoms with van der Waals surface area (Å²) in [4.78, 5) is 23.2. The van der Waals surface area contributed by atoms with Crippen LogP contribution in [0.1, 0.15) is 6.42 Å². The molecule has 0 bridgehead atoms. The van der Waals surface area contributed by atoms with Crippen LogP contribution in [-0.2, 0) is 11.3 Å². The summed E-state index contributed by atoms with van der Waals surface area (Å²) >= 11 is 1.92. The summed E-state index contributed by atoms with van der Waals surface area (Å²) in [5.74, 6) is 2.71. The van der Waals surface area contributed by atoms with Crippen molar-refractivity contribution >= 4 is 23.4 Å². The molecule has 1 amide bonds. The highest BCUT2D eigenvalue weighted by atomic mass is 32.2. The number of amides is 1. The van der Waals surface area contributed by atoms with Gasteiger partial charge in [0.1, 0.15) is 6.54 Å². The maximum atomic E-state index is 11.7. The van der Waals surface area contributed by atoms with Crippen molar-refractivity contribution in [1.29, 1.82) is 0 Å². The largest absolute Gasteiger partial charge is 0.398 e. The Hall–Kier alpha value is -1.43. The molecule has 1 unspecified atom stereocenters. The molecular formula is C12H17N3O2S. The van der Waals surface area contributed by atoms with Crippen molar-refractivity contribution in [2.24, 2.45) is 5.92 Å². The lowest BCUT2D eigenvalue weighted by Crippen LogP contribution is -2.34. The molecule has 3 N–H and O–H groups in total. The molecule has 1 aliphatic heterocycles. The Bertz CT molecular complexity index is 480. The molecule has 18 heavy (non-hydrogen) atoms. The summed E-state index contributed by atoms with van der Waals surface area (Å²) < 4.78 is 1.33. The lowest BCUT2D eigenvalue weighted by molar-refractivity contribution is -0.121. The Kier molecular flexibility index (Phi) is 4.30. The van der Waals surface area contributed by atoms with Crippen molar-refractivity contribution < 1.29 is 4.79 Å². The third-order valence-electron chi connectivity index (χ3n) is 2.93. The van der Waals surface area contributed by atoms with Crippen LogP contribution in [0.25, 0.3) is 0 Å². The molecule has 1 atom stereocenters. The van der Waals surface area contributed by atoms with Crippen LogP contribution >= 0.6 is 11.8 Å². The molecule has 0 spiro atoms. The van der Waals surface area contributed by atoms with Crippen molar-refractivity contribution in [3.63, 3.8) is 0 Å². The predicted molar refractivity (Wildman–Crippen MR) is 73.6 cm³/mol. The summed E-state index contributed by atoms with van der Waals surface area (Å²) in [5.41, 5.74) is 5.85. The molecule has 5 nitrogen and oxygen atoms in total. The Morgan fingerprint density at radius 1 is 1.56 bits per heavy atom. The lowest BCUT2D eigenvalue weighted by atomic mass is 10.1. The molecule has 1 fully saturated rings. The molecular weight excluding hydrogens is 250 g/mol. The standard InChI is InChI=1S/C12H17N3O2S/c13-10-1-2-12(17)15(6-10)7-11(16)14-5-9-3-4-18-8-9/h1-2,6,9H,3-5,7-8,13H2,(H,14,16). The van der Waals surface area contributed by atoms with Gasteiger partial charge < -0.3 is 15.6 Å². The minimum atomic E-state index is -0.212. The van der Waals surface area contributed by atoms with Crippen LogP contribution < -0.4 is 16.6 Å². The predicted octanol–water partition coefficient (Wildman–Crippen LogP) is 0.300. The van der Waals surface area contributed by atoms with Gasteiger partial charge in [-0.2, -0.15) is 11.8 Å². The Labute approximate surface area is 110 Å². The number of nitrogens with zero attached hydrogens (tertiary/aromatic N) is 1. The molecule has 2 rings (SSSR count). The number of rotatable bonds is 4. The number of nitrogens with one attached hydrogen (secondary N) is 1. The zero-order valence-corrected chi connectivity index (χ0v) is 10.9. The lowest BCUT2D eigenvalue weighted by Gasteiger charge is -2.11. The monoisotopic (exact) mass is 267 g/mol. The van der Waals surface area contributed by atoms with E-state index in [0.717, 1.165) is 12.2 Å². The molecule has 6 heteroatoms. The zero-order chi connectivity index (χ0) is 13.0. The van der Waals surface area contributed by atoms with Gasteiger partial charge in [-0.3, -0.25) is 9.59 Å². The number of thioether (sulfide) groups is 1. The van der Waals surface area contributed by atoms with Crippen molar-refractivity contribution in [3.8, 4) is 0 Å².